The maximum atomic E-state index is 13.0. The van der Waals surface area contributed by atoms with E-state index in [4.69, 9.17) is 4.42 Å². The lowest BCUT2D eigenvalue weighted by Crippen LogP contribution is -2.35. The summed E-state index contributed by atoms with van der Waals surface area (Å²) in [5.41, 5.74) is 2.71. The van der Waals surface area contributed by atoms with Crippen LogP contribution in [0.2, 0.25) is 0 Å². The van der Waals surface area contributed by atoms with Crippen LogP contribution in [0.1, 0.15) is 16.9 Å². The number of sulfonamides is 1. The second-order valence-electron chi connectivity index (χ2n) is 6.66. The van der Waals surface area contributed by atoms with E-state index < -0.39 is 16.1 Å². The van der Waals surface area contributed by atoms with Crippen molar-refractivity contribution in [1.29, 1.82) is 0 Å². The van der Waals surface area contributed by atoms with Gasteiger partial charge in [-0.2, -0.15) is 4.31 Å². The van der Waals surface area contributed by atoms with Crippen LogP contribution in [0, 0.1) is 0 Å². The number of oxazole rings is 1. The number of urea groups is 1. The predicted octanol–water partition coefficient (Wildman–Crippen LogP) is 2.74. The summed E-state index contributed by atoms with van der Waals surface area (Å²) in [6, 6.07) is 13.6. The van der Waals surface area contributed by atoms with Gasteiger partial charge in [-0.15, -0.1) is 0 Å². The van der Waals surface area contributed by atoms with Gasteiger partial charge in [0.1, 0.15) is 5.76 Å². The summed E-state index contributed by atoms with van der Waals surface area (Å²) in [7, 11) is -3.60. The Morgan fingerprint density at radius 1 is 1.10 bits per heavy atom. The van der Waals surface area contributed by atoms with Crippen LogP contribution < -0.4 is 10.6 Å². The summed E-state index contributed by atoms with van der Waals surface area (Å²) in [6.45, 7) is 1.01. The van der Waals surface area contributed by atoms with Crippen molar-refractivity contribution in [2.45, 2.75) is 24.4 Å². The van der Waals surface area contributed by atoms with E-state index in [9.17, 15) is 13.2 Å². The van der Waals surface area contributed by atoms with Gasteiger partial charge in [-0.25, -0.2) is 18.2 Å². The van der Waals surface area contributed by atoms with Gasteiger partial charge >= 0.3 is 6.03 Å². The third-order valence-electron chi connectivity index (χ3n) is 4.75. The molecular weight excluding hydrogens is 392 g/mol. The van der Waals surface area contributed by atoms with Crippen LogP contribution in [0.4, 0.5) is 10.5 Å². The third kappa shape index (κ3) is 4.30. The number of nitrogens with zero attached hydrogens (tertiary/aromatic N) is 2. The summed E-state index contributed by atoms with van der Waals surface area (Å²) >= 11 is 0. The fourth-order valence-corrected chi connectivity index (χ4v) is 4.63. The number of hydrogen-bond acceptors (Lipinski definition) is 5. The van der Waals surface area contributed by atoms with Crippen molar-refractivity contribution in [3.8, 4) is 0 Å². The summed E-state index contributed by atoms with van der Waals surface area (Å²) in [5, 5.41) is 5.28. The summed E-state index contributed by atoms with van der Waals surface area (Å²) in [5.74, 6) is 0.532. The number of rotatable bonds is 5. The predicted molar refractivity (Wildman–Crippen MR) is 107 cm³/mol. The van der Waals surface area contributed by atoms with Gasteiger partial charge in [-0.05, 0) is 41.8 Å². The molecule has 2 heterocycles. The Bertz CT molecular complexity index is 1100. The van der Waals surface area contributed by atoms with E-state index in [-0.39, 0.29) is 11.4 Å². The number of aromatic nitrogens is 1. The Balaban J connectivity index is 1.40. The van der Waals surface area contributed by atoms with Crippen molar-refractivity contribution in [3.63, 3.8) is 0 Å². The summed E-state index contributed by atoms with van der Waals surface area (Å²) < 4.78 is 32.5. The number of fused-ring (bicyclic) bond motifs is 1. The molecule has 0 fully saturated rings. The number of nitrogens with one attached hydrogen (secondary N) is 2. The minimum Gasteiger partial charge on any atom is -0.447 e. The Morgan fingerprint density at radius 3 is 2.59 bits per heavy atom. The highest BCUT2D eigenvalue weighted by Crippen LogP contribution is 2.25. The molecule has 0 saturated carbocycles. The van der Waals surface area contributed by atoms with Crippen molar-refractivity contribution in [2.24, 2.45) is 0 Å². The van der Waals surface area contributed by atoms with Crippen molar-refractivity contribution in [2.75, 3.05) is 11.9 Å². The zero-order valence-electron chi connectivity index (χ0n) is 15.5. The minimum atomic E-state index is -3.60. The summed E-state index contributed by atoms with van der Waals surface area (Å²) in [6.07, 6.45) is 3.49. The largest absolute Gasteiger partial charge is 0.447 e. The molecule has 150 valence electrons. The van der Waals surface area contributed by atoms with Gasteiger partial charge in [0, 0.05) is 18.8 Å². The SMILES string of the molecule is O=C(NCc1cnco1)Nc1ccc(S(=O)(=O)N2CCc3ccccc3C2)cc1. The molecule has 0 aliphatic carbocycles. The van der Waals surface area contributed by atoms with Crippen molar-refractivity contribution < 1.29 is 17.6 Å². The van der Waals surface area contributed by atoms with Crippen molar-refractivity contribution >= 4 is 21.7 Å². The molecule has 0 unspecified atom stereocenters. The molecule has 3 aromatic rings. The van der Waals surface area contributed by atoms with Crippen LogP contribution in [-0.2, 0) is 29.5 Å². The first-order valence-electron chi connectivity index (χ1n) is 9.11. The Hall–Kier alpha value is -3.17. The molecular formula is C20H20N4O4S. The molecule has 2 aromatic carbocycles. The highest BCUT2D eigenvalue weighted by atomic mass is 32.2. The maximum Gasteiger partial charge on any atom is 0.319 e. The molecule has 4 rings (SSSR count). The summed E-state index contributed by atoms with van der Waals surface area (Å²) in [4.78, 5) is 15.9. The van der Waals surface area contributed by atoms with Crippen LogP contribution in [-0.4, -0.2) is 30.3 Å². The van der Waals surface area contributed by atoms with E-state index in [2.05, 4.69) is 15.6 Å². The lowest BCUT2D eigenvalue weighted by atomic mass is 10.0. The van der Waals surface area contributed by atoms with Gasteiger partial charge in [0.25, 0.3) is 0 Å². The zero-order valence-corrected chi connectivity index (χ0v) is 16.4. The highest BCUT2D eigenvalue weighted by Gasteiger charge is 2.28. The average Bonchev–Trinajstić information content (AvgIpc) is 3.26. The van der Waals surface area contributed by atoms with Gasteiger partial charge in [-0.3, -0.25) is 0 Å². The highest BCUT2D eigenvalue weighted by molar-refractivity contribution is 7.89. The second-order valence-corrected chi connectivity index (χ2v) is 8.60. The molecule has 1 aromatic heterocycles. The van der Waals surface area contributed by atoms with Crippen LogP contribution in [0.25, 0.3) is 0 Å². The fraction of sp³-hybridized carbons (Fsp3) is 0.200. The molecule has 9 heteroatoms. The Labute approximate surface area is 168 Å². The molecule has 1 aliphatic rings. The lowest BCUT2D eigenvalue weighted by Gasteiger charge is -2.28. The normalized spacial score (nSPS) is 14.2. The van der Waals surface area contributed by atoms with Gasteiger partial charge in [-0.1, -0.05) is 24.3 Å². The van der Waals surface area contributed by atoms with Crippen LogP contribution in [0.5, 0.6) is 0 Å². The number of carbonyl (C=O) groups excluding carboxylic acids is 1. The molecule has 0 spiro atoms. The van der Waals surface area contributed by atoms with Crippen LogP contribution in [0.3, 0.4) is 0 Å². The molecule has 2 N–H and O–H groups in total. The monoisotopic (exact) mass is 412 g/mol. The van der Waals surface area contributed by atoms with Gasteiger partial charge < -0.3 is 15.1 Å². The minimum absolute atomic E-state index is 0.199. The number of anilines is 1. The smallest absolute Gasteiger partial charge is 0.319 e. The standard InChI is InChI=1S/C20H20N4O4S/c25-20(22-12-18-11-21-14-28-18)23-17-5-7-19(8-6-17)29(26,27)24-10-9-15-3-1-2-4-16(15)13-24/h1-8,11,14H,9-10,12-13H2,(H2,22,23,25). The van der Waals surface area contributed by atoms with E-state index in [1.165, 1.54) is 34.6 Å². The first-order chi connectivity index (χ1) is 14.0. The molecule has 0 atom stereocenters. The molecule has 0 saturated heterocycles. The number of benzene rings is 2. The molecule has 0 radical (unpaired) electrons. The molecule has 1 aliphatic heterocycles. The topological polar surface area (TPSA) is 105 Å². The van der Waals surface area contributed by atoms with E-state index in [0.29, 0.717) is 31.0 Å². The molecule has 2 amide bonds. The van der Waals surface area contributed by atoms with Crippen molar-refractivity contribution in [1.82, 2.24) is 14.6 Å². The van der Waals surface area contributed by atoms with Gasteiger partial charge in [0.2, 0.25) is 10.0 Å². The molecule has 29 heavy (non-hydrogen) atoms. The van der Waals surface area contributed by atoms with E-state index in [1.807, 2.05) is 24.3 Å². The zero-order chi connectivity index (χ0) is 20.3. The molecule has 0 bridgehead atoms. The van der Waals surface area contributed by atoms with Crippen molar-refractivity contribution in [3.05, 3.63) is 78.0 Å². The molecule has 8 nitrogen and oxygen atoms in total. The van der Waals surface area contributed by atoms with Crippen LogP contribution in [0.15, 0.2) is 70.4 Å². The Morgan fingerprint density at radius 2 is 1.86 bits per heavy atom. The van der Waals surface area contributed by atoms with Crippen LogP contribution >= 0.6 is 0 Å². The lowest BCUT2D eigenvalue weighted by molar-refractivity contribution is 0.251. The first kappa shape index (κ1) is 19.2. The van der Waals surface area contributed by atoms with Gasteiger partial charge in [0.05, 0.1) is 17.6 Å². The number of amides is 2. The Kier molecular flexibility index (Phi) is 5.32. The van der Waals surface area contributed by atoms with Gasteiger partial charge in [0.15, 0.2) is 6.39 Å². The van der Waals surface area contributed by atoms with E-state index in [0.717, 1.165) is 5.56 Å². The second kappa shape index (κ2) is 8.06. The van der Waals surface area contributed by atoms with E-state index >= 15 is 0 Å². The number of hydrogen-bond donors (Lipinski definition) is 2. The fourth-order valence-electron chi connectivity index (χ4n) is 3.21. The maximum absolute atomic E-state index is 13.0. The van der Waals surface area contributed by atoms with E-state index in [1.54, 1.807) is 12.1 Å². The average molecular weight is 412 g/mol. The number of carbonyl (C=O) groups is 1. The quantitative estimate of drug-likeness (QED) is 0.671. The third-order valence-corrected chi connectivity index (χ3v) is 6.61. The first-order valence-corrected chi connectivity index (χ1v) is 10.6.